The third-order valence-corrected chi connectivity index (χ3v) is 6.17. The summed E-state index contributed by atoms with van der Waals surface area (Å²) < 4.78 is 0. The second kappa shape index (κ2) is 9.66. The van der Waals surface area contributed by atoms with E-state index in [1.165, 1.54) is 0 Å². The zero-order chi connectivity index (χ0) is 22.5. The number of rotatable bonds is 7. The van der Waals surface area contributed by atoms with Crippen molar-refractivity contribution in [3.8, 4) is 21.8 Å². The van der Waals surface area contributed by atoms with Gasteiger partial charge in [0, 0.05) is 53.0 Å². The lowest BCUT2D eigenvalue weighted by Crippen LogP contribution is -2.13. The molecule has 0 saturated heterocycles. The fourth-order valence-electron chi connectivity index (χ4n) is 3.30. The minimum absolute atomic E-state index is 0.0249. The van der Waals surface area contributed by atoms with Crippen molar-refractivity contribution in [3.63, 3.8) is 0 Å². The smallest absolute Gasteiger partial charge is 0.224 e. The summed E-state index contributed by atoms with van der Waals surface area (Å²) in [4.78, 5) is 33.6. The molecule has 0 radical (unpaired) electrons. The van der Waals surface area contributed by atoms with Gasteiger partial charge in [-0.15, -0.1) is 11.3 Å². The predicted octanol–water partition coefficient (Wildman–Crippen LogP) is 6.09. The number of ketones is 1. The fourth-order valence-corrected chi connectivity index (χ4v) is 4.13. The molecular formula is C26H23N3O2S. The second-order valence-electron chi connectivity index (χ2n) is 7.62. The lowest BCUT2D eigenvalue weighted by Gasteiger charge is -2.07. The molecule has 0 bridgehead atoms. The van der Waals surface area contributed by atoms with E-state index in [1.54, 1.807) is 23.7 Å². The van der Waals surface area contributed by atoms with E-state index in [2.05, 4.69) is 10.3 Å². The third-order valence-electron chi connectivity index (χ3n) is 5.28. The van der Waals surface area contributed by atoms with E-state index in [0.717, 1.165) is 33.0 Å². The average molecular weight is 442 g/mol. The summed E-state index contributed by atoms with van der Waals surface area (Å²) in [6, 6.07) is 17.1. The third kappa shape index (κ3) is 5.15. The van der Waals surface area contributed by atoms with Crippen LogP contribution < -0.4 is 5.32 Å². The Morgan fingerprint density at radius 2 is 1.72 bits per heavy atom. The van der Waals surface area contributed by atoms with Crippen molar-refractivity contribution in [3.05, 3.63) is 89.1 Å². The van der Waals surface area contributed by atoms with Crippen LogP contribution >= 0.6 is 11.3 Å². The van der Waals surface area contributed by atoms with Crippen LogP contribution in [0.5, 0.6) is 0 Å². The van der Waals surface area contributed by atoms with Crippen LogP contribution in [0, 0.1) is 13.8 Å². The number of carbonyl (C=O) groups excluding carboxylic acids is 2. The quantitative estimate of drug-likeness (QED) is 0.352. The van der Waals surface area contributed by atoms with Crippen molar-refractivity contribution in [2.45, 2.75) is 26.7 Å². The monoisotopic (exact) mass is 441 g/mol. The number of hydrogen-bond donors (Lipinski definition) is 1. The Balaban J connectivity index is 1.38. The summed E-state index contributed by atoms with van der Waals surface area (Å²) in [5.74, 6) is -0.210. The summed E-state index contributed by atoms with van der Waals surface area (Å²) in [5, 5.41) is 5.81. The number of benzene rings is 2. The van der Waals surface area contributed by atoms with Crippen molar-refractivity contribution in [2.75, 3.05) is 5.32 Å². The molecule has 0 aliphatic carbocycles. The molecule has 0 aliphatic heterocycles. The van der Waals surface area contributed by atoms with Crippen LogP contribution in [0.2, 0.25) is 0 Å². The number of aryl methyl sites for hydroxylation is 2. The van der Waals surface area contributed by atoms with Gasteiger partial charge < -0.3 is 5.32 Å². The number of pyridine rings is 1. The molecule has 5 nitrogen and oxygen atoms in total. The molecule has 160 valence electrons. The maximum absolute atomic E-state index is 12.4. The van der Waals surface area contributed by atoms with Crippen LogP contribution in [0.1, 0.15) is 34.3 Å². The summed E-state index contributed by atoms with van der Waals surface area (Å²) in [6.07, 6.45) is 3.81. The number of anilines is 1. The highest BCUT2D eigenvalue weighted by molar-refractivity contribution is 7.13. The van der Waals surface area contributed by atoms with E-state index in [4.69, 9.17) is 4.98 Å². The van der Waals surface area contributed by atoms with Gasteiger partial charge in [0.1, 0.15) is 5.01 Å². The van der Waals surface area contributed by atoms with Crippen molar-refractivity contribution >= 4 is 28.7 Å². The van der Waals surface area contributed by atoms with E-state index in [-0.39, 0.29) is 24.5 Å². The van der Waals surface area contributed by atoms with Gasteiger partial charge in [-0.05, 0) is 55.3 Å². The van der Waals surface area contributed by atoms with Gasteiger partial charge in [0.15, 0.2) is 5.78 Å². The topological polar surface area (TPSA) is 72.0 Å². The van der Waals surface area contributed by atoms with Crippen LogP contribution in [-0.4, -0.2) is 21.7 Å². The number of hydrogen-bond acceptors (Lipinski definition) is 5. The number of amides is 1. The summed E-state index contributed by atoms with van der Waals surface area (Å²) in [6.45, 7) is 3.99. The molecule has 0 spiro atoms. The molecule has 2 heterocycles. The number of thiazole rings is 1. The summed E-state index contributed by atoms with van der Waals surface area (Å²) in [5.41, 5.74) is 6.35. The van der Waals surface area contributed by atoms with Gasteiger partial charge in [0.25, 0.3) is 0 Å². The van der Waals surface area contributed by atoms with Gasteiger partial charge in [0.05, 0.1) is 5.69 Å². The molecule has 32 heavy (non-hydrogen) atoms. The molecule has 0 aliphatic rings. The Kier molecular flexibility index (Phi) is 6.52. The van der Waals surface area contributed by atoms with E-state index in [9.17, 15) is 9.59 Å². The Labute approximate surface area is 191 Å². The van der Waals surface area contributed by atoms with Crippen LogP contribution in [0.3, 0.4) is 0 Å². The maximum Gasteiger partial charge on any atom is 0.224 e. The Morgan fingerprint density at radius 3 is 2.50 bits per heavy atom. The van der Waals surface area contributed by atoms with Gasteiger partial charge in [-0.3, -0.25) is 14.6 Å². The van der Waals surface area contributed by atoms with E-state index in [0.29, 0.717) is 11.3 Å². The van der Waals surface area contributed by atoms with Crippen molar-refractivity contribution < 1.29 is 9.59 Å². The molecule has 0 unspecified atom stereocenters. The van der Waals surface area contributed by atoms with Crippen molar-refractivity contribution in [1.29, 1.82) is 0 Å². The molecule has 4 rings (SSSR count). The number of aromatic nitrogens is 2. The standard InChI is InChI=1S/C26H23N3O2S/c1-17-6-7-21(14-18(17)2)24(30)8-9-25(31)28-22-5-3-4-20(15-22)23-16-32-26(29-23)19-10-12-27-13-11-19/h3-7,10-16H,8-9H2,1-2H3,(H,28,31). The molecule has 1 amide bonds. The van der Waals surface area contributed by atoms with Crippen molar-refractivity contribution in [1.82, 2.24) is 9.97 Å². The van der Waals surface area contributed by atoms with E-state index >= 15 is 0 Å². The number of carbonyl (C=O) groups is 2. The average Bonchev–Trinajstić information content (AvgIpc) is 3.30. The molecule has 0 atom stereocenters. The highest BCUT2D eigenvalue weighted by Crippen LogP contribution is 2.29. The first kappa shape index (κ1) is 21.6. The lowest BCUT2D eigenvalue weighted by molar-refractivity contribution is -0.116. The molecule has 2 aromatic heterocycles. The number of Topliss-reactive ketones (excluding diaryl/α,β-unsaturated/α-hetero) is 1. The molecule has 0 fully saturated rings. The number of nitrogens with zero attached hydrogens (tertiary/aromatic N) is 2. The molecule has 1 N–H and O–H groups in total. The second-order valence-corrected chi connectivity index (χ2v) is 8.48. The Morgan fingerprint density at radius 1 is 0.906 bits per heavy atom. The first-order valence-electron chi connectivity index (χ1n) is 10.4. The lowest BCUT2D eigenvalue weighted by atomic mass is 10.0. The van der Waals surface area contributed by atoms with Crippen LogP contribution in [0.4, 0.5) is 5.69 Å². The zero-order valence-electron chi connectivity index (χ0n) is 18.0. The fraction of sp³-hybridized carbons (Fsp3) is 0.154. The first-order valence-corrected chi connectivity index (χ1v) is 11.2. The van der Waals surface area contributed by atoms with Crippen LogP contribution in [0.25, 0.3) is 21.8 Å². The largest absolute Gasteiger partial charge is 0.326 e. The molecule has 0 saturated carbocycles. The van der Waals surface area contributed by atoms with Crippen molar-refractivity contribution in [2.24, 2.45) is 0 Å². The first-order chi connectivity index (χ1) is 15.5. The maximum atomic E-state index is 12.4. The normalized spacial score (nSPS) is 10.7. The highest BCUT2D eigenvalue weighted by atomic mass is 32.1. The highest BCUT2D eigenvalue weighted by Gasteiger charge is 2.12. The van der Waals surface area contributed by atoms with E-state index in [1.807, 2.05) is 73.8 Å². The van der Waals surface area contributed by atoms with Gasteiger partial charge >= 0.3 is 0 Å². The minimum atomic E-state index is -0.185. The molecule has 2 aromatic carbocycles. The number of nitrogens with one attached hydrogen (secondary N) is 1. The zero-order valence-corrected chi connectivity index (χ0v) is 18.8. The van der Waals surface area contributed by atoms with Crippen LogP contribution in [0.15, 0.2) is 72.4 Å². The predicted molar refractivity (Wildman–Crippen MR) is 129 cm³/mol. The summed E-state index contributed by atoms with van der Waals surface area (Å²) >= 11 is 1.56. The Bertz CT molecular complexity index is 1270. The SMILES string of the molecule is Cc1ccc(C(=O)CCC(=O)Nc2cccc(-c3csc(-c4ccncc4)n3)c2)cc1C. The van der Waals surface area contributed by atoms with Gasteiger partial charge in [-0.1, -0.05) is 24.3 Å². The van der Waals surface area contributed by atoms with Gasteiger partial charge in [0.2, 0.25) is 5.91 Å². The molecular weight excluding hydrogens is 418 g/mol. The van der Waals surface area contributed by atoms with Gasteiger partial charge in [-0.25, -0.2) is 4.98 Å². The van der Waals surface area contributed by atoms with Gasteiger partial charge in [-0.2, -0.15) is 0 Å². The van der Waals surface area contributed by atoms with Crippen LogP contribution in [-0.2, 0) is 4.79 Å². The van der Waals surface area contributed by atoms with E-state index < -0.39 is 0 Å². The minimum Gasteiger partial charge on any atom is -0.326 e. The Hall–Kier alpha value is -3.64. The summed E-state index contributed by atoms with van der Waals surface area (Å²) in [7, 11) is 0. The molecule has 4 aromatic rings. The molecule has 6 heteroatoms.